The zero-order valence-corrected chi connectivity index (χ0v) is 17.6. The number of imidazole rings is 1. The summed E-state index contributed by atoms with van der Waals surface area (Å²) in [4.78, 5) is 19.4. The third-order valence-electron chi connectivity index (χ3n) is 6.27. The van der Waals surface area contributed by atoms with E-state index in [9.17, 15) is 9.18 Å². The smallest absolute Gasteiger partial charge is 0.274 e. The monoisotopic (exact) mass is 456 g/mol. The molecule has 7 heteroatoms. The van der Waals surface area contributed by atoms with E-state index in [1.54, 1.807) is 22.9 Å². The fourth-order valence-electron chi connectivity index (χ4n) is 4.60. The van der Waals surface area contributed by atoms with Crippen LogP contribution in [0.15, 0.2) is 47.2 Å². The van der Waals surface area contributed by atoms with Gasteiger partial charge in [0.15, 0.2) is 0 Å². The number of hydrogen-bond acceptors (Lipinski definition) is 3. The van der Waals surface area contributed by atoms with E-state index in [1.165, 1.54) is 11.1 Å². The Hall–Kier alpha value is -2.25. The lowest BCUT2D eigenvalue weighted by Crippen LogP contribution is -2.57. The average Bonchev–Trinajstić information content (AvgIpc) is 3.17. The van der Waals surface area contributed by atoms with Crippen molar-refractivity contribution in [1.29, 1.82) is 0 Å². The van der Waals surface area contributed by atoms with Gasteiger partial charge in [0.1, 0.15) is 18.0 Å². The molecular weight excluding hydrogens is 435 g/mol. The molecule has 0 unspecified atom stereocenters. The minimum Gasteiger partial charge on any atom is -0.337 e. The molecule has 0 aliphatic carbocycles. The first-order valence-corrected chi connectivity index (χ1v) is 10.7. The Morgan fingerprint density at radius 1 is 1.21 bits per heavy atom. The molecule has 0 radical (unpaired) electrons. The maximum absolute atomic E-state index is 13.3. The highest BCUT2D eigenvalue weighted by Crippen LogP contribution is 2.32. The zero-order chi connectivity index (χ0) is 20.0. The molecule has 2 aliphatic heterocycles. The van der Waals surface area contributed by atoms with Crippen LogP contribution in [0.2, 0.25) is 0 Å². The van der Waals surface area contributed by atoms with Crippen molar-refractivity contribution in [3.63, 3.8) is 0 Å². The largest absolute Gasteiger partial charge is 0.337 e. The molecule has 4 heterocycles. The van der Waals surface area contributed by atoms with Crippen molar-refractivity contribution >= 4 is 27.5 Å². The highest BCUT2D eigenvalue weighted by Gasteiger charge is 2.38. The van der Waals surface area contributed by atoms with Gasteiger partial charge in [-0.25, -0.2) is 9.37 Å². The van der Waals surface area contributed by atoms with Gasteiger partial charge in [0.2, 0.25) is 0 Å². The van der Waals surface area contributed by atoms with Gasteiger partial charge in [-0.1, -0.05) is 24.3 Å². The SMILES string of the molecule is O=C(c1cn2cc(Br)cc(CF)c2n1)N1CCC2(CC1)Cc1ccccc1CN2. The zero-order valence-electron chi connectivity index (χ0n) is 16.0. The maximum atomic E-state index is 13.3. The van der Waals surface area contributed by atoms with Crippen molar-refractivity contribution in [3.05, 3.63) is 69.6 Å². The predicted octanol–water partition coefficient (Wildman–Crippen LogP) is 3.89. The first kappa shape index (κ1) is 18.8. The van der Waals surface area contributed by atoms with Crippen LogP contribution in [0.5, 0.6) is 0 Å². The molecule has 1 aromatic carbocycles. The van der Waals surface area contributed by atoms with Gasteiger partial charge in [0, 0.05) is 47.6 Å². The number of pyridine rings is 1. The van der Waals surface area contributed by atoms with Crippen molar-refractivity contribution in [3.8, 4) is 0 Å². The van der Waals surface area contributed by atoms with E-state index in [-0.39, 0.29) is 11.4 Å². The Labute approximate surface area is 177 Å². The molecule has 2 aliphatic rings. The molecule has 0 saturated carbocycles. The van der Waals surface area contributed by atoms with Gasteiger partial charge < -0.3 is 14.6 Å². The summed E-state index contributed by atoms with van der Waals surface area (Å²) in [5.41, 5.74) is 4.19. The van der Waals surface area contributed by atoms with Crippen LogP contribution in [0, 0.1) is 0 Å². The number of alkyl halides is 1. The third kappa shape index (κ3) is 3.36. The number of aromatic nitrogens is 2. The number of hydrogen-bond donors (Lipinski definition) is 1. The van der Waals surface area contributed by atoms with Crippen LogP contribution in [0.4, 0.5) is 4.39 Å². The number of rotatable bonds is 2. The molecule has 5 nitrogen and oxygen atoms in total. The number of carbonyl (C=O) groups is 1. The lowest BCUT2D eigenvalue weighted by Gasteiger charge is -2.45. The number of piperidine rings is 1. The fourth-order valence-corrected chi connectivity index (χ4v) is 5.09. The number of benzene rings is 1. The van der Waals surface area contributed by atoms with E-state index >= 15 is 0 Å². The molecule has 1 amide bonds. The van der Waals surface area contributed by atoms with E-state index in [0.29, 0.717) is 30.0 Å². The van der Waals surface area contributed by atoms with E-state index in [1.807, 2.05) is 4.90 Å². The van der Waals surface area contributed by atoms with E-state index in [4.69, 9.17) is 0 Å². The summed E-state index contributed by atoms with van der Waals surface area (Å²) >= 11 is 3.38. The minimum atomic E-state index is -0.618. The van der Waals surface area contributed by atoms with E-state index in [0.717, 1.165) is 30.3 Å². The summed E-state index contributed by atoms with van der Waals surface area (Å²) in [6.45, 7) is 1.66. The number of fused-ring (bicyclic) bond motifs is 2. The van der Waals surface area contributed by atoms with Crippen molar-refractivity contribution in [2.45, 2.75) is 38.0 Å². The Balaban J connectivity index is 1.32. The summed E-state index contributed by atoms with van der Waals surface area (Å²) in [5.74, 6) is -0.0827. The van der Waals surface area contributed by atoms with Gasteiger partial charge in [-0.2, -0.15) is 0 Å². The van der Waals surface area contributed by atoms with Crippen LogP contribution >= 0.6 is 15.9 Å². The van der Waals surface area contributed by atoms with Gasteiger partial charge in [-0.3, -0.25) is 4.79 Å². The molecular formula is C22H22BrFN4O. The first-order valence-electron chi connectivity index (χ1n) is 9.91. The minimum absolute atomic E-state index is 0.0658. The van der Waals surface area contributed by atoms with Crippen molar-refractivity contribution in [2.75, 3.05) is 13.1 Å². The second-order valence-corrected chi connectivity index (χ2v) is 8.96. The molecule has 150 valence electrons. The van der Waals surface area contributed by atoms with Crippen LogP contribution in [-0.4, -0.2) is 38.8 Å². The van der Waals surface area contributed by atoms with Crippen LogP contribution in [0.1, 0.15) is 40.0 Å². The summed E-state index contributed by atoms with van der Waals surface area (Å²) in [5, 5.41) is 3.73. The molecule has 2 aromatic heterocycles. The van der Waals surface area contributed by atoms with E-state index in [2.05, 4.69) is 50.5 Å². The standard InChI is InChI=1S/C22H22BrFN4O/c23-18-9-17(11-24)20-26-19(14-28(20)13-18)21(29)27-7-5-22(6-8-27)10-15-3-1-2-4-16(15)12-25-22/h1-4,9,13-14,25H,5-8,10-12H2. The maximum Gasteiger partial charge on any atom is 0.274 e. The molecule has 0 bridgehead atoms. The van der Waals surface area contributed by atoms with Crippen LogP contribution < -0.4 is 5.32 Å². The van der Waals surface area contributed by atoms with Gasteiger partial charge in [0.25, 0.3) is 5.91 Å². The highest BCUT2D eigenvalue weighted by molar-refractivity contribution is 9.10. The molecule has 1 fully saturated rings. The average molecular weight is 457 g/mol. The molecule has 1 spiro atoms. The van der Waals surface area contributed by atoms with Crippen LogP contribution in [-0.2, 0) is 19.6 Å². The van der Waals surface area contributed by atoms with E-state index < -0.39 is 6.67 Å². The van der Waals surface area contributed by atoms with Crippen molar-refractivity contribution < 1.29 is 9.18 Å². The first-order chi connectivity index (χ1) is 14.1. The summed E-state index contributed by atoms with van der Waals surface area (Å²) in [7, 11) is 0. The fraction of sp³-hybridized carbons (Fsp3) is 0.364. The van der Waals surface area contributed by atoms with Crippen molar-refractivity contribution in [1.82, 2.24) is 19.6 Å². The summed E-state index contributed by atoms with van der Waals surface area (Å²) in [6.07, 6.45) is 6.34. The van der Waals surface area contributed by atoms with Gasteiger partial charge in [0.05, 0.1) is 0 Å². The van der Waals surface area contributed by atoms with Gasteiger partial charge in [-0.15, -0.1) is 0 Å². The number of halogens is 2. The van der Waals surface area contributed by atoms with Crippen LogP contribution in [0.3, 0.4) is 0 Å². The number of carbonyl (C=O) groups excluding carboxylic acids is 1. The van der Waals surface area contributed by atoms with Crippen LogP contribution in [0.25, 0.3) is 5.65 Å². The molecule has 1 N–H and O–H groups in total. The number of nitrogens with zero attached hydrogens (tertiary/aromatic N) is 3. The molecule has 29 heavy (non-hydrogen) atoms. The lowest BCUT2D eigenvalue weighted by atomic mass is 9.78. The summed E-state index contributed by atoms with van der Waals surface area (Å²) in [6, 6.07) is 10.3. The van der Waals surface area contributed by atoms with Gasteiger partial charge >= 0.3 is 0 Å². The topological polar surface area (TPSA) is 49.6 Å². The number of amides is 1. The molecule has 0 atom stereocenters. The van der Waals surface area contributed by atoms with Gasteiger partial charge in [-0.05, 0) is 52.4 Å². The normalized spacial score (nSPS) is 18.2. The molecule has 1 saturated heterocycles. The second kappa shape index (κ2) is 7.22. The second-order valence-electron chi connectivity index (χ2n) is 8.05. The third-order valence-corrected chi connectivity index (χ3v) is 6.70. The Morgan fingerprint density at radius 3 is 2.72 bits per heavy atom. The molecule has 3 aromatic rings. The predicted molar refractivity (Wildman–Crippen MR) is 113 cm³/mol. The number of likely N-dealkylation sites (tertiary alicyclic amines) is 1. The lowest BCUT2D eigenvalue weighted by molar-refractivity contribution is 0.0626. The van der Waals surface area contributed by atoms with Crippen molar-refractivity contribution in [2.24, 2.45) is 0 Å². The Kier molecular flexibility index (Phi) is 4.67. The quantitative estimate of drug-likeness (QED) is 0.636. The number of nitrogens with one attached hydrogen (secondary N) is 1. The molecule has 5 rings (SSSR count). The Morgan fingerprint density at radius 2 is 1.97 bits per heavy atom. The highest BCUT2D eigenvalue weighted by atomic mass is 79.9. The Bertz CT molecular complexity index is 1090. The summed E-state index contributed by atoms with van der Waals surface area (Å²) < 4.78 is 15.8.